The van der Waals surface area contributed by atoms with Crippen LogP contribution in [0.25, 0.3) is 16.7 Å². The Kier molecular flexibility index (Phi) is 4.42. The van der Waals surface area contributed by atoms with Crippen molar-refractivity contribution < 1.29 is 26.7 Å². The quantitative estimate of drug-likeness (QED) is 0.474. The van der Waals surface area contributed by atoms with Gasteiger partial charge in [0.25, 0.3) is 10.0 Å². The lowest BCUT2D eigenvalue weighted by atomic mass is 10.2. The number of aryl methyl sites for hydroxylation is 1. The fourth-order valence-corrected chi connectivity index (χ4v) is 3.84. The summed E-state index contributed by atoms with van der Waals surface area (Å²) in [6.45, 7) is 0. The summed E-state index contributed by atoms with van der Waals surface area (Å²) in [5.41, 5.74) is -0.639. The standard InChI is InChI=1S/C17H13F3N6O3S/c1-25-16-10(6-22-25)2-4-13(27)15(16)24-30(28,29)12-3-5-14(21-8-12)26-9-11(7-23-26)17(18,19)20/h2-9,24,27H,1H3. The number of aromatic hydroxyl groups is 1. The number of hydrogen-bond acceptors (Lipinski definition) is 6. The summed E-state index contributed by atoms with van der Waals surface area (Å²) >= 11 is 0. The molecule has 0 bridgehead atoms. The van der Waals surface area contributed by atoms with Gasteiger partial charge in [-0.2, -0.15) is 23.4 Å². The Morgan fingerprint density at radius 1 is 1.07 bits per heavy atom. The number of pyridine rings is 1. The monoisotopic (exact) mass is 438 g/mol. The van der Waals surface area contributed by atoms with Crippen molar-refractivity contribution in [3.63, 3.8) is 0 Å². The van der Waals surface area contributed by atoms with Crippen molar-refractivity contribution in [2.45, 2.75) is 11.1 Å². The smallest absolute Gasteiger partial charge is 0.419 e. The first-order valence-electron chi connectivity index (χ1n) is 8.31. The van der Waals surface area contributed by atoms with Gasteiger partial charge in [-0.1, -0.05) is 0 Å². The second-order valence-electron chi connectivity index (χ2n) is 6.29. The molecule has 156 valence electrons. The van der Waals surface area contributed by atoms with E-state index in [1.165, 1.54) is 29.1 Å². The van der Waals surface area contributed by atoms with E-state index in [1.807, 2.05) is 0 Å². The number of fused-ring (bicyclic) bond motifs is 1. The molecule has 4 aromatic rings. The third kappa shape index (κ3) is 3.43. The first kappa shape index (κ1) is 19.7. The normalized spacial score (nSPS) is 12.4. The third-order valence-electron chi connectivity index (χ3n) is 4.29. The minimum atomic E-state index is -4.56. The summed E-state index contributed by atoms with van der Waals surface area (Å²) in [5, 5.41) is 18.4. The highest BCUT2D eigenvalue weighted by molar-refractivity contribution is 7.92. The number of nitrogens with zero attached hydrogens (tertiary/aromatic N) is 5. The van der Waals surface area contributed by atoms with Gasteiger partial charge in [-0.3, -0.25) is 9.40 Å². The molecule has 9 nitrogen and oxygen atoms in total. The maximum atomic E-state index is 12.8. The molecular formula is C17H13F3N6O3S. The van der Waals surface area contributed by atoms with E-state index in [0.717, 1.165) is 17.1 Å². The SMILES string of the molecule is Cn1ncc2ccc(O)c(NS(=O)(=O)c3ccc(-n4cc(C(F)(F)F)cn4)nc3)c21. The Bertz CT molecular complexity index is 1340. The predicted molar refractivity (Wildman–Crippen MR) is 99.5 cm³/mol. The zero-order valence-corrected chi connectivity index (χ0v) is 16.0. The average Bonchev–Trinajstić information content (AvgIpc) is 3.32. The number of phenols is 1. The highest BCUT2D eigenvalue weighted by Crippen LogP contribution is 2.34. The Balaban J connectivity index is 1.65. The van der Waals surface area contributed by atoms with Crippen LogP contribution in [0.4, 0.5) is 18.9 Å². The summed E-state index contributed by atoms with van der Waals surface area (Å²) in [6.07, 6.45) is -0.670. The lowest BCUT2D eigenvalue weighted by Gasteiger charge is -2.12. The molecule has 0 amide bonds. The first-order valence-corrected chi connectivity index (χ1v) is 9.79. The van der Waals surface area contributed by atoms with Crippen molar-refractivity contribution >= 4 is 26.6 Å². The van der Waals surface area contributed by atoms with Crippen LogP contribution < -0.4 is 4.72 Å². The molecule has 3 heterocycles. The highest BCUT2D eigenvalue weighted by Gasteiger charge is 2.32. The molecule has 0 radical (unpaired) electrons. The van der Waals surface area contributed by atoms with Crippen molar-refractivity contribution in [3.8, 4) is 11.6 Å². The van der Waals surface area contributed by atoms with Crippen molar-refractivity contribution in [1.82, 2.24) is 24.5 Å². The van der Waals surface area contributed by atoms with E-state index < -0.39 is 21.8 Å². The van der Waals surface area contributed by atoms with E-state index in [0.29, 0.717) is 17.1 Å². The minimum absolute atomic E-state index is 0.000957. The minimum Gasteiger partial charge on any atom is -0.506 e. The van der Waals surface area contributed by atoms with E-state index >= 15 is 0 Å². The lowest BCUT2D eigenvalue weighted by Crippen LogP contribution is -2.14. The van der Waals surface area contributed by atoms with E-state index in [9.17, 15) is 26.7 Å². The van der Waals surface area contributed by atoms with Gasteiger partial charge in [0.15, 0.2) is 5.82 Å². The number of halogens is 3. The van der Waals surface area contributed by atoms with Crippen LogP contribution >= 0.6 is 0 Å². The number of benzene rings is 1. The molecule has 0 aliphatic carbocycles. The molecule has 0 saturated heterocycles. The molecule has 0 atom stereocenters. The second-order valence-corrected chi connectivity index (χ2v) is 7.98. The summed E-state index contributed by atoms with van der Waals surface area (Å²) in [7, 11) is -2.57. The Morgan fingerprint density at radius 3 is 2.47 bits per heavy atom. The van der Waals surface area contributed by atoms with Gasteiger partial charge < -0.3 is 5.11 Å². The molecule has 0 fully saturated rings. The van der Waals surface area contributed by atoms with Crippen LogP contribution in [-0.2, 0) is 23.2 Å². The number of aromatic nitrogens is 5. The Hall–Kier alpha value is -3.61. The number of alkyl halides is 3. The van der Waals surface area contributed by atoms with Gasteiger partial charge >= 0.3 is 6.18 Å². The van der Waals surface area contributed by atoms with Gasteiger partial charge in [-0.15, -0.1) is 0 Å². The van der Waals surface area contributed by atoms with Crippen molar-refractivity contribution in [2.24, 2.45) is 7.05 Å². The fourth-order valence-electron chi connectivity index (χ4n) is 2.81. The predicted octanol–water partition coefficient (Wildman–Crippen LogP) is 2.68. The number of rotatable bonds is 4. The second kappa shape index (κ2) is 6.73. The molecule has 2 N–H and O–H groups in total. The zero-order chi connectivity index (χ0) is 21.7. The fraction of sp³-hybridized carbons (Fsp3) is 0.118. The maximum absolute atomic E-state index is 12.8. The zero-order valence-electron chi connectivity index (χ0n) is 15.2. The number of anilines is 1. The molecule has 30 heavy (non-hydrogen) atoms. The number of nitrogens with one attached hydrogen (secondary N) is 1. The van der Waals surface area contributed by atoms with Gasteiger partial charge in [-0.05, 0) is 24.3 Å². The van der Waals surface area contributed by atoms with Crippen molar-refractivity contribution in [1.29, 1.82) is 0 Å². The number of phenolic OH excluding ortho intramolecular Hbond substituents is 1. The topological polar surface area (TPSA) is 115 Å². The molecular weight excluding hydrogens is 425 g/mol. The van der Waals surface area contributed by atoms with E-state index in [4.69, 9.17) is 0 Å². The molecule has 0 unspecified atom stereocenters. The van der Waals surface area contributed by atoms with Gasteiger partial charge in [0.05, 0.1) is 23.5 Å². The van der Waals surface area contributed by atoms with E-state index in [-0.39, 0.29) is 22.2 Å². The van der Waals surface area contributed by atoms with Gasteiger partial charge in [0.2, 0.25) is 0 Å². The lowest BCUT2D eigenvalue weighted by molar-refractivity contribution is -0.137. The summed E-state index contributed by atoms with van der Waals surface area (Å²) in [5.74, 6) is -0.295. The van der Waals surface area contributed by atoms with Crippen LogP contribution in [0.1, 0.15) is 5.56 Å². The van der Waals surface area contributed by atoms with Crippen LogP contribution in [0.2, 0.25) is 0 Å². The van der Waals surface area contributed by atoms with Crippen molar-refractivity contribution in [2.75, 3.05) is 4.72 Å². The van der Waals surface area contributed by atoms with Gasteiger partial charge in [-0.25, -0.2) is 18.1 Å². The van der Waals surface area contributed by atoms with Gasteiger partial charge in [0.1, 0.15) is 16.3 Å². The molecule has 0 spiro atoms. The van der Waals surface area contributed by atoms with Crippen LogP contribution in [0.15, 0.2) is 53.9 Å². The molecule has 0 saturated carbocycles. The average molecular weight is 438 g/mol. The molecule has 0 aliphatic rings. The first-order chi connectivity index (χ1) is 14.1. The van der Waals surface area contributed by atoms with E-state index in [2.05, 4.69) is 19.9 Å². The van der Waals surface area contributed by atoms with E-state index in [1.54, 1.807) is 13.1 Å². The van der Waals surface area contributed by atoms with Crippen molar-refractivity contribution in [3.05, 3.63) is 54.6 Å². The molecule has 0 aliphatic heterocycles. The molecule has 1 aromatic carbocycles. The number of sulfonamides is 1. The third-order valence-corrected chi connectivity index (χ3v) is 5.63. The Morgan fingerprint density at radius 2 is 1.83 bits per heavy atom. The largest absolute Gasteiger partial charge is 0.506 e. The number of hydrogen-bond donors (Lipinski definition) is 2. The Labute approximate surface area is 167 Å². The molecule has 3 aromatic heterocycles. The van der Waals surface area contributed by atoms with Gasteiger partial charge in [0, 0.05) is 24.8 Å². The molecule has 4 rings (SSSR count). The maximum Gasteiger partial charge on any atom is 0.419 e. The van der Waals surface area contributed by atoms with Crippen LogP contribution in [-0.4, -0.2) is 38.1 Å². The summed E-state index contributed by atoms with van der Waals surface area (Å²) < 4.78 is 68.2. The van der Waals surface area contributed by atoms with Crippen LogP contribution in [0, 0.1) is 0 Å². The molecule has 13 heteroatoms. The summed E-state index contributed by atoms with van der Waals surface area (Å²) in [6, 6.07) is 5.30. The summed E-state index contributed by atoms with van der Waals surface area (Å²) in [4.78, 5) is 3.62. The highest BCUT2D eigenvalue weighted by atomic mass is 32.2. The van der Waals surface area contributed by atoms with Crippen LogP contribution in [0.5, 0.6) is 5.75 Å². The van der Waals surface area contributed by atoms with Crippen LogP contribution in [0.3, 0.4) is 0 Å².